The molecule has 1 saturated carbocycles. The van der Waals surface area contributed by atoms with Crippen LogP contribution in [-0.2, 0) is 27.2 Å². The number of rotatable bonds is 5. The molecule has 9 nitrogen and oxygen atoms in total. The van der Waals surface area contributed by atoms with Gasteiger partial charge in [0.2, 0.25) is 0 Å². The number of amides is 3. The first-order valence-corrected chi connectivity index (χ1v) is 12.1. The zero-order chi connectivity index (χ0) is 24.8. The Balaban J connectivity index is 1.25. The number of benzene rings is 1. The molecule has 1 aromatic heterocycles. The van der Waals surface area contributed by atoms with E-state index in [1.165, 1.54) is 13.3 Å². The molecule has 3 amide bonds. The molecule has 10 heteroatoms. The van der Waals surface area contributed by atoms with Crippen LogP contribution in [0.3, 0.4) is 0 Å². The first kappa shape index (κ1) is 24.8. The first-order chi connectivity index (χ1) is 16.9. The van der Waals surface area contributed by atoms with E-state index in [2.05, 4.69) is 15.6 Å². The van der Waals surface area contributed by atoms with Crippen LogP contribution in [-0.4, -0.2) is 47.7 Å². The molecular formula is C25H29ClN4O5. The standard InChI is InChI=1S/C25H29ClN4O5/c1-34-23(31)12-16-2-7-21(8-3-16)35-25(33)30-11-10-17-13-20(6-4-18(17)15-30)28-24(32)29-22-9-5-19(26)14-27-22/h4-6,9,13-14,16,21H,2-3,7-8,10-12,15H2,1H3,(H2,27,28,29,32). The molecule has 1 aliphatic carbocycles. The number of carbonyl (C=O) groups is 3. The molecule has 2 aliphatic rings. The van der Waals surface area contributed by atoms with Crippen molar-refractivity contribution in [2.45, 2.75) is 51.2 Å². The largest absolute Gasteiger partial charge is 0.469 e. The van der Waals surface area contributed by atoms with E-state index in [1.807, 2.05) is 18.2 Å². The van der Waals surface area contributed by atoms with Crippen LogP contribution in [0, 0.1) is 5.92 Å². The molecule has 0 unspecified atom stereocenters. The van der Waals surface area contributed by atoms with Crippen molar-refractivity contribution in [2.24, 2.45) is 5.92 Å². The summed E-state index contributed by atoms with van der Waals surface area (Å²) < 4.78 is 10.5. The maximum absolute atomic E-state index is 12.7. The molecule has 0 spiro atoms. The molecule has 0 atom stereocenters. The minimum Gasteiger partial charge on any atom is -0.469 e. The second kappa shape index (κ2) is 11.4. The zero-order valence-corrected chi connectivity index (χ0v) is 20.3. The van der Waals surface area contributed by atoms with E-state index in [4.69, 9.17) is 21.1 Å². The van der Waals surface area contributed by atoms with Gasteiger partial charge in [-0.25, -0.2) is 14.6 Å². The molecule has 2 N–H and O–H groups in total. The number of halogens is 1. The number of anilines is 2. The quantitative estimate of drug-likeness (QED) is 0.559. The van der Waals surface area contributed by atoms with Gasteiger partial charge in [0.25, 0.3) is 0 Å². The fraction of sp³-hybridized carbons (Fsp3) is 0.440. The normalized spacial score (nSPS) is 19.3. The van der Waals surface area contributed by atoms with E-state index in [1.54, 1.807) is 17.0 Å². The van der Waals surface area contributed by atoms with Crippen LogP contribution in [0.5, 0.6) is 0 Å². The van der Waals surface area contributed by atoms with Crippen molar-refractivity contribution < 1.29 is 23.9 Å². The van der Waals surface area contributed by atoms with Gasteiger partial charge in [-0.05, 0) is 73.4 Å². The number of ether oxygens (including phenoxy) is 2. The summed E-state index contributed by atoms with van der Waals surface area (Å²) in [5.41, 5.74) is 2.77. The van der Waals surface area contributed by atoms with Gasteiger partial charge in [0.05, 0.1) is 12.1 Å². The lowest BCUT2D eigenvalue weighted by molar-refractivity contribution is -0.142. The highest BCUT2D eigenvalue weighted by Gasteiger charge is 2.29. The number of aromatic nitrogens is 1. The summed E-state index contributed by atoms with van der Waals surface area (Å²) in [7, 11) is 1.40. The fourth-order valence-corrected chi connectivity index (χ4v) is 4.62. The van der Waals surface area contributed by atoms with Gasteiger partial charge in [-0.15, -0.1) is 0 Å². The lowest BCUT2D eigenvalue weighted by Gasteiger charge is -2.32. The average Bonchev–Trinajstić information content (AvgIpc) is 2.86. The molecule has 1 aliphatic heterocycles. The van der Waals surface area contributed by atoms with Crippen LogP contribution in [0.25, 0.3) is 0 Å². The Morgan fingerprint density at radius 1 is 1.09 bits per heavy atom. The molecular weight excluding hydrogens is 472 g/mol. The molecule has 0 bridgehead atoms. The number of hydrogen-bond acceptors (Lipinski definition) is 6. The van der Waals surface area contributed by atoms with E-state index >= 15 is 0 Å². The Kier molecular flexibility index (Phi) is 8.07. The summed E-state index contributed by atoms with van der Waals surface area (Å²) in [5, 5.41) is 5.96. The van der Waals surface area contributed by atoms with E-state index in [-0.39, 0.29) is 18.2 Å². The Morgan fingerprint density at radius 2 is 1.89 bits per heavy atom. The van der Waals surface area contributed by atoms with Gasteiger partial charge >= 0.3 is 18.1 Å². The van der Waals surface area contributed by atoms with Crippen LogP contribution >= 0.6 is 11.6 Å². The van der Waals surface area contributed by atoms with Gasteiger partial charge in [-0.1, -0.05) is 17.7 Å². The predicted octanol–water partition coefficient (Wildman–Crippen LogP) is 5.00. The highest BCUT2D eigenvalue weighted by Crippen LogP contribution is 2.30. The van der Waals surface area contributed by atoms with Crippen LogP contribution in [0.4, 0.5) is 21.1 Å². The van der Waals surface area contributed by atoms with Gasteiger partial charge in [0.1, 0.15) is 11.9 Å². The monoisotopic (exact) mass is 500 g/mol. The van der Waals surface area contributed by atoms with Gasteiger partial charge in [-0.2, -0.15) is 0 Å². The average molecular weight is 501 g/mol. The minimum atomic E-state index is -0.401. The van der Waals surface area contributed by atoms with Crippen molar-refractivity contribution in [1.82, 2.24) is 9.88 Å². The second-order valence-electron chi connectivity index (χ2n) is 8.90. The second-order valence-corrected chi connectivity index (χ2v) is 9.34. The topological polar surface area (TPSA) is 110 Å². The van der Waals surface area contributed by atoms with Crippen molar-refractivity contribution in [3.8, 4) is 0 Å². The molecule has 0 saturated heterocycles. The third-order valence-electron chi connectivity index (χ3n) is 6.45. The summed E-state index contributed by atoms with van der Waals surface area (Å²) in [5.74, 6) is 0.512. The van der Waals surface area contributed by atoms with Crippen molar-refractivity contribution in [2.75, 3.05) is 24.3 Å². The van der Waals surface area contributed by atoms with Gasteiger partial charge < -0.3 is 19.7 Å². The molecule has 4 rings (SSSR count). The molecule has 35 heavy (non-hydrogen) atoms. The van der Waals surface area contributed by atoms with Crippen LogP contribution in [0.1, 0.15) is 43.2 Å². The number of fused-ring (bicyclic) bond motifs is 1. The minimum absolute atomic E-state index is 0.113. The summed E-state index contributed by atoms with van der Waals surface area (Å²) in [4.78, 5) is 42.2. The number of nitrogens with one attached hydrogen (secondary N) is 2. The van der Waals surface area contributed by atoms with E-state index < -0.39 is 6.03 Å². The number of hydrogen-bond donors (Lipinski definition) is 2. The van der Waals surface area contributed by atoms with Crippen molar-refractivity contribution in [3.63, 3.8) is 0 Å². The lowest BCUT2D eigenvalue weighted by Crippen LogP contribution is -2.39. The third-order valence-corrected chi connectivity index (χ3v) is 6.67. The van der Waals surface area contributed by atoms with E-state index in [0.717, 1.165) is 36.8 Å². The number of methoxy groups -OCH3 is 1. The Labute approximate surface area is 209 Å². The summed E-state index contributed by atoms with van der Waals surface area (Å²) in [6.07, 6.45) is 5.38. The van der Waals surface area contributed by atoms with Crippen LogP contribution in [0.2, 0.25) is 5.02 Å². The lowest BCUT2D eigenvalue weighted by atomic mass is 9.85. The van der Waals surface area contributed by atoms with Gasteiger partial charge in [0.15, 0.2) is 0 Å². The summed E-state index contributed by atoms with van der Waals surface area (Å²) in [6, 6.07) is 8.53. The van der Waals surface area contributed by atoms with E-state index in [9.17, 15) is 14.4 Å². The highest BCUT2D eigenvalue weighted by molar-refractivity contribution is 6.30. The summed E-state index contributed by atoms with van der Waals surface area (Å²) in [6.45, 7) is 1.01. The predicted molar refractivity (Wildman–Crippen MR) is 131 cm³/mol. The molecule has 2 aromatic rings. The Bertz CT molecular complexity index is 1070. The Morgan fingerprint density at radius 3 is 2.60 bits per heavy atom. The number of esters is 1. The van der Waals surface area contributed by atoms with Crippen LogP contribution < -0.4 is 10.6 Å². The number of urea groups is 1. The van der Waals surface area contributed by atoms with Crippen molar-refractivity contribution in [3.05, 3.63) is 52.7 Å². The number of pyridine rings is 1. The molecule has 2 heterocycles. The van der Waals surface area contributed by atoms with Crippen molar-refractivity contribution in [1.29, 1.82) is 0 Å². The fourth-order valence-electron chi connectivity index (χ4n) is 4.50. The third kappa shape index (κ3) is 6.85. The van der Waals surface area contributed by atoms with Gasteiger partial charge in [-0.3, -0.25) is 10.1 Å². The number of nitrogens with zero attached hydrogens (tertiary/aromatic N) is 2. The van der Waals surface area contributed by atoms with Crippen molar-refractivity contribution >= 4 is 41.2 Å². The maximum atomic E-state index is 12.7. The SMILES string of the molecule is COC(=O)CC1CCC(OC(=O)N2CCc3cc(NC(=O)Nc4ccc(Cl)cn4)ccc3C2)CC1. The maximum Gasteiger partial charge on any atom is 0.410 e. The highest BCUT2D eigenvalue weighted by atomic mass is 35.5. The van der Waals surface area contributed by atoms with Crippen LogP contribution in [0.15, 0.2) is 36.5 Å². The molecule has 186 valence electrons. The smallest absolute Gasteiger partial charge is 0.410 e. The first-order valence-electron chi connectivity index (χ1n) is 11.7. The molecule has 0 radical (unpaired) electrons. The molecule has 1 aromatic carbocycles. The summed E-state index contributed by atoms with van der Waals surface area (Å²) >= 11 is 5.81. The Hall–Kier alpha value is -3.33. The zero-order valence-electron chi connectivity index (χ0n) is 19.6. The van der Waals surface area contributed by atoms with Gasteiger partial charge in [0, 0.05) is 31.4 Å². The van der Waals surface area contributed by atoms with E-state index in [0.29, 0.717) is 48.4 Å². The number of carbonyl (C=O) groups excluding carboxylic acids is 3. The molecule has 1 fully saturated rings.